The predicted molar refractivity (Wildman–Crippen MR) is 108 cm³/mol. The molecule has 0 bridgehead atoms. The van der Waals surface area contributed by atoms with Crippen LogP contribution in [0.15, 0.2) is 60.2 Å². The molecule has 1 atom stereocenters. The lowest BCUT2D eigenvalue weighted by Gasteiger charge is -2.27. The molecule has 2 aromatic rings. The van der Waals surface area contributed by atoms with E-state index in [1.165, 1.54) is 4.90 Å². The Balaban J connectivity index is 2.21. The summed E-state index contributed by atoms with van der Waals surface area (Å²) in [5.41, 5.74) is 1.30. The summed E-state index contributed by atoms with van der Waals surface area (Å²) in [7, 11) is 0. The van der Waals surface area contributed by atoms with E-state index in [2.05, 4.69) is 0 Å². The highest BCUT2D eigenvalue weighted by atomic mass is 16.5. The van der Waals surface area contributed by atoms with Crippen LogP contribution in [0, 0.1) is 0 Å². The molecule has 5 heteroatoms. The van der Waals surface area contributed by atoms with Gasteiger partial charge >= 0.3 is 0 Å². The highest BCUT2D eigenvalue weighted by Crippen LogP contribution is 2.42. The number of ketones is 1. The summed E-state index contributed by atoms with van der Waals surface area (Å²) in [6.45, 7) is 6.20. The Morgan fingerprint density at radius 2 is 1.71 bits per heavy atom. The molecule has 1 unspecified atom stereocenters. The molecule has 0 saturated carbocycles. The molecule has 2 aromatic carbocycles. The molecule has 0 aliphatic carbocycles. The lowest BCUT2D eigenvalue weighted by molar-refractivity contribution is -0.139. The largest absolute Gasteiger partial charge is 0.507 e. The average Bonchev–Trinajstić information content (AvgIpc) is 2.93. The summed E-state index contributed by atoms with van der Waals surface area (Å²) in [5.74, 6) is -0.825. The van der Waals surface area contributed by atoms with E-state index in [-0.39, 0.29) is 17.4 Å². The van der Waals surface area contributed by atoms with Gasteiger partial charge in [0.1, 0.15) is 11.5 Å². The van der Waals surface area contributed by atoms with Crippen molar-refractivity contribution in [2.45, 2.75) is 39.3 Å². The number of hydrogen-bond acceptors (Lipinski definition) is 4. The normalized spacial score (nSPS) is 18.7. The molecule has 1 aliphatic heterocycles. The maximum absolute atomic E-state index is 12.9. The lowest BCUT2D eigenvalue weighted by atomic mass is 9.94. The van der Waals surface area contributed by atoms with Gasteiger partial charge in [-0.1, -0.05) is 55.5 Å². The summed E-state index contributed by atoms with van der Waals surface area (Å²) in [5, 5.41) is 10.9. The first kappa shape index (κ1) is 19.7. The Bertz CT molecular complexity index is 902. The number of likely N-dealkylation sites (tertiary alicyclic amines) is 1. The standard InChI is InChI=1S/C23H25NO4/c1-4-14-24-20(17-12-8-9-13-18(17)28-15(2)3)19(22(26)23(24)27)21(25)16-10-6-5-7-11-16/h5-13,15,20,25H,4,14H2,1-3H3/b21-19-. The van der Waals surface area contributed by atoms with Crippen LogP contribution in [0.4, 0.5) is 0 Å². The number of para-hydroxylation sites is 1. The Kier molecular flexibility index (Phi) is 5.83. The van der Waals surface area contributed by atoms with Crippen LogP contribution >= 0.6 is 0 Å². The molecule has 0 spiro atoms. The molecule has 3 rings (SSSR count). The van der Waals surface area contributed by atoms with Crippen molar-refractivity contribution >= 4 is 17.4 Å². The van der Waals surface area contributed by atoms with Crippen LogP contribution < -0.4 is 4.74 Å². The van der Waals surface area contributed by atoms with Crippen LogP contribution in [0.25, 0.3) is 5.76 Å². The van der Waals surface area contributed by atoms with Gasteiger partial charge in [-0.15, -0.1) is 0 Å². The predicted octanol–water partition coefficient (Wildman–Crippen LogP) is 4.31. The molecular formula is C23H25NO4. The second-order valence-corrected chi connectivity index (χ2v) is 7.06. The van der Waals surface area contributed by atoms with Gasteiger partial charge in [-0.3, -0.25) is 9.59 Å². The summed E-state index contributed by atoms with van der Waals surface area (Å²) in [6.07, 6.45) is 0.631. The minimum absolute atomic E-state index is 0.0660. The molecule has 1 saturated heterocycles. The first-order valence-electron chi connectivity index (χ1n) is 9.55. The number of amides is 1. The van der Waals surface area contributed by atoms with Crippen LogP contribution in [0.5, 0.6) is 5.75 Å². The third-order valence-electron chi connectivity index (χ3n) is 4.63. The summed E-state index contributed by atoms with van der Waals surface area (Å²) < 4.78 is 5.93. The monoisotopic (exact) mass is 379 g/mol. The number of aliphatic hydroxyl groups is 1. The van der Waals surface area contributed by atoms with Gasteiger partial charge in [0.15, 0.2) is 0 Å². The van der Waals surface area contributed by atoms with Crippen molar-refractivity contribution in [3.05, 3.63) is 71.3 Å². The van der Waals surface area contributed by atoms with Crippen molar-refractivity contribution in [1.29, 1.82) is 0 Å². The van der Waals surface area contributed by atoms with Crippen molar-refractivity contribution in [2.24, 2.45) is 0 Å². The molecule has 1 N–H and O–H groups in total. The minimum Gasteiger partial charge on any atom is -0.507 e. The van der Waals surface area contributed by atoms with E-state index < -0.39 is 17.7 Å². The van der Waals surface area contributed by atoms with Gasteiger partial charge in [-0.25, -0.2) is 0 Å². The van der Waals surface area contributed by atoms with Crippen LogP contribution in [0.3, 0.4) is 0 Å². The highest BCUT2D eigenvalue weighted by Gasteiger charge is 2.46. The Morgan fingerprint density at radius 1 is 1.07 bits per heavy atom. The molecule has 1 heterocycles. The number of ether oxygens (including phenoxy) is 1. The van der Waals surface area contributed by atoms with E-state index in [0.29, 0.717) is 29.8 Å². The number of carbonyl (C=O) groups is 2. The van der Waals surface area contributed by atoms with Gasteiger partial charge in [0, 0.05) is 17.7 Å². The minimum atomic E-state index is -0.685. The van der Waals surface area contributed by atoms with E-state index in [1.807, 2.05) is 51.1 Å². The fraction of sp³-hybridized carbons (Fsp3) is 0.304. The highest BCUT2D eigenvalue weighted by molar-refractivity contribution is 6.46. The van der Waals surface area contributed by atoms with E-state index in [0.717, 1.165) is 0 Å². The first-order chi connectivity index (χ1) is 13.5. The fourth-order valence-corrected chi connectivity index (χ4v) is 3.49. The second-order valence-electron chi connectivity index (χ2n) is 7.06. The topological polar surface area (TPSA) is 66.8 Å². The van der Waals surface area contributed by atoms with E-state index in [1.54, 1.807) is 24.3 Å². The maximum Gasteiger partial charge on any atom is 0.295 e. The van der Waals surface area contributed by atoms with Crippen LogP contribution in [0.1, 0.15) is 44.4 Å². The van der Waals surface area contributed by atoms with Gasteiger partial charge in [-0.05, 0) is 26.3 Å². The van der Waals surface area contributed by atoms with Crippen LogP contribution in [-0.2, 0) is 9.59 Å². The summed E-state index contributed by atoms with van der Waals surface area (Å²) in [4.78, 5) is 27.1. The van der Waals surface area contributed by atoms with Crippen molar-refractivity contribution in [3.8, 4) is 5.75 Å². The van der Waals surface area contributed by atoms with Crippen molar-refractivity contribution in [2.75, 3.05) is 6.54 Å². The zero-order chi connectivity index (χ0) is 20.3. The molecule has 1 fully saturated rings. The molecule has 146 valence electrons. The van der Waals surface area contributed by atoms with E-state index in [4.69, 9.17) is 4.74 Å². The van der Waals surface area contributed by atoms with Crippen LogP contribution in [0.2, 0.25) is 0 Å². The molecule has 1 aliphatic rings. The average molecular weight is 379 g/mol. The summed E-state index contributed by atoms with van der Waals surface area (Å²) in [6, 6.07) is 15.5. The van der Waals surface area contributed by atoms with Crippen molar-refractivity contribution in [3.63, 3.8) is 0 Å². The van der Waals surface area contributed by atoms with Crippen molar-refractivity contribution in [1.82, 2.24) is 4.90 Å². The molecule has 28 heavy (non-hydrogen) atoms. The number of carbonyl (C=O) groups excluding carboxylic acids is 2. The Labute approximate surface area is 165 Å². The van der Waals surface area contributed by atoms with Gasteiger partial charge in [0.2, 0.25) is 0 Å². The number of rotatable bonds is 6. The lowest BCUT2D eigenvalue weighted by Crippen LogP contribution is -2.30. The van der Waals surface area contributed by atoms with Gasteiger partial charge in [0.05, 0.1) is 17.7 Å². The number of nitrogens with zero attached hydrogens (tertiary/aromatic N) is 1. The molecule has 0 radical (unpaired) electrons. The van der Waals surface area contributed by atoms with Gasteiger partial charge in [0.25, 0.3) is 11.7 Å². The molecule has 1 amide bonds. The third-order valence-corrected chi connectivity index (χ3v) is 4.63. The number of Topliss-reactive ketones (excluding diaryl/α,β-unsaturated/α-hetero) is 1. The van der Waals surface area contributed by atoms with E-state index in [9.17, 15) is 14.7 Å². The molecule has 5 nitrogen and oxygen atoms in total. The molecular weight excluding hydrogens is 354 g/mol. The molecule has 0 aromatic heterocycles. The number of hydrogen-bond donors (Lipinski definition) is 1. The Hall–Kier alpha value is -3.08. The van der Waals surface area contributed by atoms with Crippen molar-refractivity contribution < 1.29 is 19.4 Å². The second kappa shape index (κ2) is 8.30. The van der Waals surface area contributed by atoms with E-state index >= 15 is 0 Å². The number of benzene rings is 2. The SMILES string of the molecule is CCCN1C(=O)C(=O)/C(=C(\O)c2ccccc2)C1c1ccccc1OC(C)C. The van der Waals surface area contributed by atoms with Gasteiger partial charge in [-0.2, -0.15) is 0 Å². The quantitative estimate of drug-likeness (QED) is 0.461. The number of aliphatic hydroxyl groups excluding tert-OH is 1. The van der Waals surface area contributed by atoms with Gasteiger partial charge < -0.3 is 14.7 Å². The summed E-state index contributed by atoms with van der Waals surface area (Å²) >= 11 is 0. The fourth-order valence-electron chi connectivity index (χ4n) is 3.49. The smallest absolute Gasteiger partial charge is 0.295 e. The third kappa shape index (κ3) is 3.65. The maximum atomic E-state index is 12.9. The Morgan fingerprint density at radius 3 is 2.36 bits per heavy atom. The van der Waals surface area contributed by atoms with Crippen LogP contribution in [-0.4, -0.2) is 34.3 Å². The zero-order valence-electron chi connectivity index (χ0n) is 16.4. The zero-order valence-corrected chi connectivity index (χ0v) is 16.4. The first-order valence-corrected chi connectivity index (χ1v) is 9.55.